The molecule has 0 aliphatic rings. The van der Waals surface area contributed by atoms with E-state index in [2.05, 4.69) is 0 Å². The molecule has 0 aliphatic carbocycles. The number of carboxylic acids is 1. The van der Waals surface area contributed by atoms with Crippen molar-refractivity contribution >= 4 is 23.6 Å². The molecule has 0 radical (unpaired) electrons. The van der Waals surface area contributed by atoms with Gasteiger partial charge in [-0.1, -0.05) is 17.7 Å². The highest BCUT2D eigenvalue weighted by atomic mass is 35.5. The fraction of sp³-hybridized carbons (Fsp3) is 0.100. The van der Waals surface area contributed by atoms with Crippen LogP contribution in [-0.4, -0.2) is 22.6 Å². The molecule has 0 bridgehead atoms. The number of aliphatic carboxylic acids is 1. The van der Waals surface area contributed by atoms with Gasteiger partial charge in [0, 0.05) is 6.08 Å². The molecule has 0 spiro atoms. The van der Waals surface area contributed by atoms with Crippen LogP contribution in [-0.2, 0) is 4.79 Å². The second-order valence-corrected chi connectivity index (χ2v) is 3.38. The Hall–Kier alpha value is -2.08. The van der Waals surface area contributed by atoms with Crippen molar-refractivity contribution in [3.8, 4) is 5.75 Å². The first kappa shape index (κ1) is 13.0. The Morgan fingerprint density at radius 1 is 1.59 bits per heavy atom. The number of hydrogen-bond donors (Lipinski definition) is 1. The third-order valence-electron chi connectivity index (χ3n) is 1.70. The predicted molar refractivity (Wildman–Crippen MR) is 60.6 cm³/mol. The molecule has 17 heavy (non-hydrogen) atoms. The molecule has 0 atom stereocenters. The second-order valence-electron chi connectivity index (χ2n) is 2.97. The summed E-state index contributed by atoms with van der Waals surface area (Å²) in [5, 5.41) is 18.7. The molecule has 7 heteroatoms. The smallest absolute Gasteiger partial charge is 0.341 e. The fourth-order valence-corrected chi connectivity index (χ4v) is 1.27. The van der Waals surface area contributed by atoms with Crippen molar-refractivity contribution in [2.45, 2.75) is 0 Å². The number of rotatable bonds is 5. The third kappa shape index (κ3) is 4.52. The SMILES string of the molecule is O=C(O)COc1ccc(/C=C/[N+](=O)[O-])cc1Cl. The summed E-state index contributed by atoms with van der Waals surface area (Å²) in [4.78, 5) is 19.8. The fourth-order valence-electron chi connectivity index (χ4n) is 1.02. The van der Waals surface area contributed by atoms with Gasteiger partial charge >= 0.3 is 5.97 Å². The molecule has 1 aromatic carbocycles. The molecule has 0 heterocycles. The Labute approximate surface area is 101 Å². The summed E-state index contributed by atoms with van der Waals surface area (Å²) in [7, 11) is 0. The lowest BCUT2D eigenvalue weighted by Gasteiger charge is -2.05. The van der Waals surface area contributed by atoms with Gasteiger partial charge in [-0.3, -0.25) is 10.1 Å². The molecule has 0 fully saturated rings. The molecular weight excluding hydrogens is 250 g/mol. The summed E-state index contributed by atoms with van der Waals surface area (Å²) in [6, 6.07) is 4.42. The molecule has 1 aromatic rings. The number of benzene rings is 1. The van der Waals surface area contributed by atoms with E-state index in [9.17, 15) is 14.9 Å². The Bertz CT molecular complexity index is 472. The molecule has 90 valence electrons. The monoisotopic (exact) mass is 257 g/mol. The highest BCUT2D eigenvalue weighted by molar-refractivity contribution is 6.32. The van der Waals surface area contributed by atoms with E-state index in [0.29, 0.717) is 5.56 Å². The minimum Gasteiger partial charge on any atom is -0.480 e. The molecule has 6 nitrogen and oxygen atoms in total. The van der Waals surface area contributed by atoms with Gasteiger partial charge in [-0.2, -0.15) is 0 Å². The average Bonchev–Trinajstić information content (AvgIpc) is 2.24. The number of nitro groups is 1. The Morgan fingerprint density at radius 3 is 2.82 bits per heavy atom. The van der Waals surface area contributed by atoms with E-state index < -0.39 is 17.5 Å². The maximum Gasteiger partial charge on any atom is 0.341 e. The van der Waals surface area contributed by atoms with Crippen LogP contribution in [0.1, 0.15) is 5.56 Å². The van der Waals surface area contributed by atoms with Crippen LogP contribution in [0, 0.1) is 10.1 Å². The molecule has 1 rings (SSSR count). The standard InChI is InChI=1S/C10H8ClNO5/c11-8-5-7(3-4-12(15)16)1-2-9(8)17-6-10(13)14/h1-5H,6H2,(H,13,14)/b4-3+. The molecule has 1 N–H and O–H groups in total. The second kappa shape index (κ2) is 5.86. The largest absolute Gasteiger partial charge is 0.480 e. The van der Waals surface area contributed by atoms with Crippen molar-refractivity contribution in [2.24, 2.45) is 0 Å². The first-order valence-corrected chi connectivity index (χ1v) is 4.82. The number of halogens is 1. The van der Waals surface area contributed by atoms with Gasteiger partial charge in [0.05, 0.1) is 9.95 Å². The molecule has 0 saturated carbocycles. The van der Waals surface area contributed by atoms with Crippen molar-refractivity contribution in [1.29, 1.82) is 0 Å². The van der Waals surface area contributed by atoms with Gasteiger partial charge in [0.2, 0.25) is 6.20 Å². The first-order chi connectivity index (χ1) is 7.99. The summed E-state index contributed by atoms with van der Waals surface area (Å²) >= 11 is 5.81. The number of carbonyl (C=O) groups is 1. The van der Waals surface area contributed by atoms with Gasteiger partial charge in [0.1, 0.15) is 5.75 Å². The van der Waals surface area contributed by atoms with Crippen LogP contribution in [0.5, 0.6) is 5.75 Å². The Kier molecular flexibility index (Phi) is 4.47. The van der Waals surface area contributed by atoms with Crippen LogP contribution >= 0.6 is 11.6 Å². The van der Waals surface area contributed by atoms with Gasteiger partial charge in [0.25, 0.3) is 0 Å². The summed E-state index contributed by atoms with van der Waals surface area (Å²) in [6.07, 6.45) is 2.05. The van der Waals surface area contributed by atoms with Crippen molar-refractivity contribution < 1.29 is 19.6 Å². The van der Waals surface area contributed by atoms with Crippen LogP contribution in [0.3, 0.4) is 0 Å². The number of hydrogen-bond acceptors (Lipinski definition) is 4. The summed E-state index contributed by atoms with van der Waals surface area (Å²) in [5.41, 5.74) is 0.523. The van der Waals surface area contributed by atoms with E-state index >= 15 is 0 Å². The molecule has 0 saturated heterocycles. The molecule has 0 unspecified atom stereocenters. The van der Waals surface area contributed by atoms with Gasteiger partial charge in [-0.15, -0.1) is 0 Å². The maximum atomic E-state index is 10.3. The maximum absolute atomic E-state index is 10.3. The zero-order chi connectivity index (χ0) is 12.8. The van der Waals surface area contributed by atoms with Crippen LogP contribution in [0.2, 0.25) is 5.02 Å². The average molecular weight is 258 g/mol. The van der Waals surface area contributed by atoms with Crippen LogP contribution in [0.4, 0.5) is 0 Å². The van der Waals surface area contributed by atoms with Crippen molar-refractivity contribution in [1.82, 2.24) is 0 Å². The minimum absolute atomic E-state index is 0.191. The molecule has 0 aliphatic heterocycles. The summed E-state index contributed by atoms with van der Waals surface area (Å²) in [5.74, 6) is -0.897. The minimum atomic E-state index is -1.11. The van der Waals surface area contributed by atoms with Gasteiger partial charge < -0.3 is 9.84 Å². The van der Waals surface area contributed by atoms with Crippen LogP contribution in [0.15, 0.2) is 24.4 Å². The van der Waals surface area contributed by atoms with Gasteiger partial charge in [-0.25, -0.2) is 4.79 Å². The Morgan fingerprint density at radius 2 is 2.29 bits per heavy atom. The lowest BCUT2D eigenvalue weighted by atomic mass is 10.2. The van der Waals surface area contributed by atoms with E-state index in [4.69, 9.17) is 21.4 Å². The molecule has 0 aromatic heterocycles. The number of nitrogens with zero attached hydrogens (tertiary/aromatic N) is 1. The number of ether oxygens (including phenoxy) is 1. The molecular formula is C10H8ClNO5. The van der Waals surface area contributed by atoms with E-state index in [1.54, 1.807) is 0 Å². The lowest BCUT2D eigenvalue weighted by Crippen LogP contribution is -2.09. The van der Waals surface area contributed by atoms with Crippen molar-refractivity contribution in [3.05, 3.63) is 45.1 Å². The first-order valence-electron chi connectivity index (χ1n) is 4.45. The van der Waals surface area contributed by atoms with Gasteiger partial charge in [0.15, 0.2) is 6.61 Å². The van der Waals surface area contributed by atoms with E-state index in [-0.39, 0.29) is 10.8 Å². The lowest BCUT2D eigenvalue weighted by molar-refractivity contribution is -0.400. The zero-order valence-electron chi connectivity index (χ0n) is 8.50. The van der Waals surface area contributed by atoms with E-state index in [0.717, 1.165) is 6.20 Å². The van der Waals surface area contributed by atoms with E-state index in [1.807, 2.05) is 0 Å². The topological polar surface area (TPSA) is 89.7 Å². The summed E-state index contributed by atoms with van der Waals surface area (Å²) in [6.45, 7) is -0.496. The predicted octanol–water partition coefficient (Wildman–Crippen LogP) is 2.05. The van der Waals surface area contributed by atoms with Gasteiger partial charge in [-0.05, 0) is 17.7 Å². The van der Waals surface area contributed by atoms with Crippen molar-refractivity contribution in [3.63, 3.8) is 0 Å². The quantitative estimate of drug-likeness (QED) is 0.644. The highest BCUT2D eigenvalue weighted by Gasteiger charge is 2.04. The number of carboxylic acid groups (broad SMARTS) is 1. The molecule has 0 amide bonds. The summed E-state index contributed by atoms with van der Waals surface area (Å²) < 4.78 is 4.89. The van der Waals surface area contributed by atoms with Crippen molar-refractivity contribution in [2.75, 3.05) is 6.61 Å². The highest BCUT2D eigenvalue weighted by Crippen LogP contribution is 2.25. The zero-order valence-corrected chi connectivity index (χ0v) is 9.26. The Balaban J connectivity index is 2.79. The normalized spacial score (nSPS) is 10.4. The van der Waals surface area contributed by atoms with Crippen LogP contribution < -0.4 is 4.74 Å². The van der Waals surface area contributed by atoms with E-state index in [1.165, 1.54) is 24.3 Å². The third-order valence-corrected chi connectivity index (χ3v) is 1.99. The van der Waals surface area contributed by atoms with Crippen LogP contribution in [0.25, 0.3) is 6.08 Å².